The summed E-state index contributed by atoms with van der Waals surface area (Å²) in [5, 5.41) is 3.63. The third-order valence-electron chi connectivity index (χ3n) is 3.42. The fourth-order valence-electron chi connectivity index (χ4n) is 2.25. The van der Waals surface area contributed by atoms with E-state index in [0.717, 1.165) is 25.6 Å². The van der Waals surface area contributed by atoms with Crippen molar-refractivity contribution in [2.75, 3.05) is 13.1 Å². The van der Waals surface area contributed by atoms with Crippen molar-refractivity contribution in [3.63, 3.8) is 0 Å². The van der Waals surface area contributed by atoms with Crippen molar-refractivity contribution in [2.45, 2.75) is 51.1 Å². The minimum absolute atomic E-state index is 0.308. The van der Waals surface area contributed by atoms with E-state index in [1.807, 2.05) is 11.8 Å². The second-order valence-electron chi connectivity index (χ2n) is 4.47. The van der Waals surface area contributed by atoms with Crippen LogP contribution in [0.5, 0.6) is 0 Å². The predicted octanol–water partition coefficient (Wildman–Crippen LogP) is 1.14. The molecule has 1 unspecified atom stereocenters. The van der Waals surface area contributed by atoms with Gasteiger partial charge in [0.15, 0.2) is 0 Å². The summed E-state index contributed by atoms with van der Waals surface area (Å²) in [6.45, 7) is 3.83. The first kappa shape index (κ1) is 9.97. The highest BCUT2D eigenvalue weighted by Crippen LogP contribution is 2.21. The number of carbonyl (C=O) groups is 1. The van der Waals surface area contributed by atoms with Gasteiger partial charge in [0.2, 0.25) is 5.91 Å². The van der Waals surface area contributed by atoms with Crippen molar-refractivity contribution >= 4 is 5.91 Å². The standard InChI is InChI=1S/C11H20N2O/c1-2-11(14)13-7-6-10(8-13)12-9-4-3-5-9/h9-10,12H,2-8H2,1H3. The van der Waals surface area contributed by atoms with Gasteiger partial charge in [-0.2, -0.15) is 0 Å². The third kappa shape index (κ3) is 2.08. The summed E-state index contributed by atoms with van der Waals surface area (Å²) in [7, 11) is 0. The van der Waals surface area contributed by atoms with Crippen molar-refractivity contribution in [3.05, 3.63) is 0 Å². The molecular formula is C11H20N2O. The van der Waals surface area contributed by atoms with Gasteiger partial charge >= 0.3 is 0 Å². The number of rotatable bonds is 3. The summed E-state index contributed by atoms with van der Waals surface area (Å²) in [5.74, 6) is 0.308. The Balaban J connectivity index is 1.73. The number of amides is 1. The average molecular weight is 196 g/mol. The van der Waals surface area contributed by atoms with Crippen molar-refractivity contribution in [1.82, 2.24) is 10.2 Å². The third-order valence-corrected chi connectivity index (χ3v) is 3.42. The lowest BCUT2D eigenvalue weighted by molar-refractivity contribution is -0.129. The summed E-state index contributed by atoms with van der Waals surface area (Å²) in [5.41, 5.74) is 0. The topological polar surface area (TPSA) is 32.3 Å². The molecule has 1 N–H and O–H groups in total. The van der Waals surface area contributed by atoms with E-state index in [4.69, 9.17) is 0 Å². The van der Waals surface area contributed by atoms with Gasteiger partial charge in [-0.25, -0.2) is 0 Å². The normalized spacial score (nSPS) is 27.8. The van der Waals surface area contributed by atoms with E-state index < -0.39 is 0 Å². The highest BCUT2D eigenvalue weighted by Gasteiger charge is 2.28. The monoisotopic (exact) mass is 196 g/mol. The van der Waals surface area contributed by atoms with Crippen molar-refractivity contribution < 1.29 is 4.79 Å². The molecule has 80 valence electrons. The molecule has 0 aromatic heterocycles. The Morgan fingerprint density at radius 1 is 1.36 bits per heavy atom. The van der Waals surface area contributed by atoms with Gasteiger partial charge in [0.1, 0.15) is 0 Å². The van der Waals surface area contributed by atoms with Gasteiger partial charge in [0, 0.05) is 31.6 Å². The van der Waals surface area contributed by atoms with Gasteiger partial charge < -0.3 is 10.2 Å². The molecule has 3 heteroatoms. The van der Waals surface area contributed by atoms with Crippen molar-refractivity contribution in [3.8, 4) is 0 Å². The summed E-state index contributed by atoms with van der Waals surface area (Å²) >= 11 is 0. The maximum atomic E-state index is 11.4. The molecule has 2 aliphatic rings. The lowest BCUT2D eigenvalue weighted by Crippen LogP contribution is -2.44. The largest absolute Gasteiger partial charge is 0.341 e. The van der Waals surface area contributed by atoms with Crippen LogP contribution in [-0.4, -0.2) is 36.0 Å². The predicted molar refractivity (Wildman–Crippen MR) is 56.1 cm³/mol. The van der Waals surface area contributed by atoms with Crippen LogP contribution in [0.15, 0.2) is 0 Å². The summed E-state index contributed by atoms with van der Waals surface area (Å²) in [6.07, 6.45) is 5.83. The Morgan fingerprint density at radius 2 is 2.14 bits per heavy atom. The number of likely N-dealkylation sites (tertiary alicyclic amines) is 1. The lowest BCUT2D eigenvalue weighted by atomic mass is 9.92. The van der Waals surface area contributed by atoms with E-state index in [1.54, 1.807) is 0 Å². The lowest BCUT2D eigenvalue weighted by Gasteiger charge is -2.29. The molecule has 14 heavy (non-hydrogen) atoms. The van der Waals surface area contributed by atoms with E-state index >= 15 is 0 Å². The molecule has 0 spiro atoms. The zero-order chi connectivity index (χ0) is 9.97. The SMILES string of the molecule is CCC(=O)N1CCC(NC2CCC2)C1. The Morgan fingerprint density at radius 3 is 2.71 bits per heavy atom. The van der Waals surface area contributed by atoms with Crippen LogP contribution in [0, 0.1) is 0 Å². The van der Waals surface area contributed by atoms with Crippen molar-refractivity contribution in [1.29, 1.82) is 0 Å². The Kier molecular flexibility index (Phi) is 3.06. The second-order valence-corrected chi connectivity index (χ2v) is 4.47. The van der Waals surface area contributed by atoms with E-state index in [1.165, 1.54) is 19.3 Å². The van der Waals surface area contributed by atoms with Crippen molar-refractivity contribution in [2.24, 2.45) is 0 Å². The van der Waals surface area contributed by atoms with Crippen LogP contribution in [0.3, 0.4) is 0 Å². The second kappa shape index (κ2) is 4.30. The fraction of sp³-hybridized carbons (Fsp3) is 0.909. The smallest absolute Gasteiger partial charge is 0.222 e. The van der Waals surface area contributed by atoms with E-state index in [9.17, 15) is 4.79 Å². The zero-order valence-corrected chi connectivity index (χ0v) is 8.96. The van der Waals surface area contributed by atoms with Gasteiger partial charge in [0.05, 0.1) is 0 Å². The summed E-state index contributed by atoms with van der Waals surface area (Å²) in [6, 6.07) is 1.31. The van der Waals surface area contributed by atoms with E-state index in [0.29, 0.717) is 18.4 Å². The Hall–Kier alpha value is -0.570. The first-order valence-electron chi connectivity index (χ1n) is 5.83. The van der Waals surface area contributed by atoms with Gasteiger partial charge in [-0.05, 0) is 19.3 Å². The Bertz CT molecular complexity index is 213. The molecule has 2 rings (SSSR count). The van der Waals surface area contributed by atoms with Gasteiger partial charge in [-0.15, -0.1) is 0 Å². The molecule has 1 aliphatic heterocycles. The number of hydrogen-bond donors (Lipinski definition) is 1. The quantitative estimate of drug-likeness (QED) is 0.734. The van der Waals surface area contributed by atoms with Crippen LogP contribution in [0.4, 0.5) is 0 Å². The minimum atomic E-state index is 0.308. The van der Waals surface area contributed by atoms with Crippen LogP contribution in [0.25, 0.3) is 0 Å². The molecule has 1 saturated carbocycles. The van der Waals surface area contributed by atoms with E-state index in [2.05, 4.69) is 5.32 Å². The maximum Gasteiger partial charge on any atom is 0.222 e. The summed E-state index contributed by atoms with van der Waals surface area (Å²) in [4.78, 5) is 13.4. The molecule has 1 heterocycles. The molecule has 1 saturated heterocycles. The molecule has 0 aromatic rings. The van der Waals surface area contributed by atoms with Crippen LogP contribution in [0.2, 0.25) is 0 Å². The molecule has 1 atom stereocenters. The van der Waals surface area contributed by atoms with Gasteiger partial charge in [0.25, 0.3) is 0 Å². The Labute approximate surface area is 85.8 Å². The minimum Gasteiger partial charge on any atom is -0.341 e. The molecule has 3 nitrogen and oxygen atoms in total. The zero-order valence-electron chi connectivity index (χ0n) is 8.96. The maximum absolute atomic E-state index is 11.4. The first-order valence-corrected chi connectivity index (χ1v) is 5.83. The molecular weight excluding hydrogens is 176 g/mol. The molecule has 0 aromatic carbocycles. The first-order chi connectivity index (χ1) is 6.79. The fourth-order valence-corrected chi connectivity index (χ4v) is 2.25. The van der Waals surface area contributed by atoms with Gasteiger partial charge in [-0.3, -0.25) is 4.79 Å². The highest BCUT2D eigenvalue weighted by molar-refractivity contribution is 5.76. The van der Waals surface area contributed by atoms with Crippen LogP contribution in [-0.2, 0) is 4.79 Å². The van der Waals surface area contributed by atoms with E-state index in [-0.39, 0.29) is 0 Å². The van der Waals surface area contributed by atoms with Gasteiger partial charge in [-0.1, -0.05) is 13.3 Å². The molecule has 2 fully saturated rings. The molecule has 1 aliphatic carbocycles. The average Bonchev–Trinajstić information content (AvgIpc) is 2.58. The molecule has 0 bridgehead atoms. The number of carbonyl (C=O) groups excluding carboxylic acids is 1. The number of hydrogen-bond acceptors (Lipinski definition) is 2. The molecule has 0 radical (unpaired) electrons. The van der Waals surface area contributed by atoms with Crippen LogP contribution >= 0.6 is 0 Å². The van der Waals surface area contributed by atoms with Crippen LogP contribution in [0.1, 0.15) is 39.0 Å². The highest BCUT2D eigenvalue weighted by atomic mass is 16.2. The molecule has 1 amide bonds. The summed E-state index contributed by atoms with van der Waals surface area (Å²) < 4.78 is 0. The number of nitrogens with zero attached hydrogens (tertiary/aromatic N) is 1. The van der Waals surface area contributed by atoms with Crippen LogP contribution < -0.4 is 5.32 Å². The number of nitrogens with one attached hydrogen (secondary N) is 1.